The van der Waals surface area contributed by atoms with Crippen molar-refractivity contribution in [2.24, 2.45) is 0 Å². The van der Waals surface area contributed by atoms with Crippen LogP contribution in [0.3, 0.4) is 0 Å². The smallest absolute Gasteiger partial charge is 0.322 e. The number of hydrogen-bond donors (Lipinski definition) is 2. The van der Waals surface area contributed by atoms with E-state index in [-0.39, 0.29) is 11.1 Å². The SMILES string of the molecule is CCCCC(C(=O)NCC(=O)O)N1C(=O)c2ccccc2C1=O. The molecule has 0 saturated carbocycles. The largest absolute Gasteiger partial charge is 0.480 e. The number of carbonyl (C=O) groups is 4. The molecule has 7 nitrogen and oxygen atoms in total. The molecular formula is C16H18N2O5. The number of carboxylic acids is 1. The van der Waals surface area contributed by atoms with E-state index in [2.05, 4.69) is 5.32 Å². The Morgan fingerprint density at radius 2 is 1.74 bits per heavy atom. The van der Waals surface area contributed by atoms with Gasteiger partial charge in [-0.25, -0.2) is 0 Å². The number of hydrogen-bond acceptors (Lipinski definition) is 4. The van der Waals surface area contributed by atoms with Gasteiger partial charge in [0, 0.05) is 0 Å². The second kappa shape index (κ2) is 7.04. The van der Waals surface area contributed by atoms with Gasteiger partial charge in [-0.2, -0.15) is 0 Å². The molecule has 1 atom stereocenters. The topological polar surface area (TPSA) is 104 Å². The Bertz CT molecular complexity index is 621. The molecule has 1 aliphatic rings. The Labute approximate surface area is 133 Å². The summed E-state index contributed by atoms with van der Waals surface area (Å²) in [4.78, 5) is 48.7. The minimum absolute atomic E-state index is 0.269. The van der Waals surface area contributed by atoms with Gasteiger partial charge in [-0.1, -0.05) is 31.9 Å². The molecule has 0 aromatic heterocycles. The number of carbonyl (C=O) groups excluding carboxylic acids is 3. The van der Waals surface area contributed by atoms with Crippen molar-refractivity contribution in [2.75, 3.05) is 6.54 Å². The number of amides is 3. The molecule has 0 bridgehead atoms. The fourth-order valence-electron chi connectivity index (χ4n) is 2.55. The molecule has 1 aromatic carbocycles. The third-order valence-electron chi connectivity index (χ3n) is 3.68. The third-order valence-corrected chi connectivity index (χ3v) is 3.68. The maximum Gasteiger partial charge on any atom is 0.322 e. The van der Waals surface area contributed by atoms with Gasteiger partial charge in [-0.15, -0.1) is 0 Å². The van der Waals surface area contributed by atoms with E-state index in [9.17, 15) is 19.2 Å². The second-order valence-corrected chi connectivity index (χ2v) is 5.30. The van der Waals surface area contributed by atoms with Gasteiger partial charge in [-0.05, 0) is 18.6 Å². The van der Waals surface area contributed by atoms with Crippen molar-refractivity contribution in [1.82, 2.24) is 10.2 Å². The highest BCUT2D eigenvalue weighted by atomic mass is 16.4. The number of nitrogens with zero attached hydrogens (tertiary/aromatic N) is 1. The van der Waals surface area contributed by atoms with Gasteiger partial charge >= 0.3 is 5.97 Å². The normalized spacial score (nSPS) is 14.6. The first-order valence-electron chi connectivity index (χ1n) is 7.43. The Kier molecular flexibility index (Phi) is 5.10. The number of aliphatic carboxylic acids is 1. The van der Waals surface area contributed by atoms with Crippen LogP contribution < -0.4 is 5.32 Å². The lowest BCUT2D eigenvalue weighted by Crippen LogP contribution is -2.50. The number of imide groups is 1. The predicted octanol–water partition coefficient (Wildman–Crippen LogP) is 1.04. The molecule has 1 unspecified atom stereocenters. The molecule has 122 valence electrons. The highest BCUT2D eigenvalue weighted by Crippen LogP contribution is 2.26. The summed E-state index contributed by atoms with van der Waals surface area (Å²) in [6, 6.07) is 5.39. The number of fused-ring (bicyclic) bond motifs is 1. The first-order valence-corrected chi connectivity index (χ1v) is 7.43. The number of carboxylic acid groups (broad SMARTS) is 1. The third kappa shape index (κ3) is 3.39. The average molecular weight is 318 g/mol. The van der Waals surface area contributed by atoms with E-state index in [1.54, 1.807) is 24.3 Å². The van der Waals surface area contributed by atoms with Crippen molar-refractivity contribution in [1.29, 1.82) is 0 Å². The molecule has 7 heteroatoms. The van der Waals surface area contributed by atoms with Crippen molar-refractivity contribution < 1.29 is 24.3 Å². The standard InChI is InChI=1S/C16H18N2O5/c1-2-3-8-12(14(21)17-9-13(19)20)18-15(22)10-6-4-5-7-11(10)16(18)23/h4-7,12H,2-3,8-9H2,1H3,(H,17,21)(H,19,20). The van der Waals surface area contributed by atoms with Crippen molar-refractivity contribution >= 4 is 23.7 Å². The molecule has 1 heterocycles. The van der Waals surface area contributed by atoms with E-state index >= 15 is 0 Å². The molecule has 0 radical (unpaired) electrons. The van der Waals surface area contributed by atoms with Crippen LogP contribution >= 0.6 is 0 Å². The maximum absolute atomic E-state index is 12.5. The summed E-state index contributed by atoms with van der Waals surface area (Å²) in [6.07, 6.45) is 1.72. The predicted molar refractivity (Wildman–Crippen MR) is 80.9 cm³/mol. The monoisotopic (exact) mass is 318 g/mol. The molecule has 0 saturated heterocycles. The summed E-state index contributed by atoms with van der Waals surface area (Å²) in [5.74, 6) is -2.85. The molecule has 2 rings (SSSR count). The van der Waals surface area contributed by atoms with Crippen molar-refractivity contribution in [3.05, 3.63) is 35.4 Å². The summed E-state index contributed by atoms with van der Waals surface area (Å²) < 4.78 is 0. The zero-order chi connectivity index (χ0) is 17.0. The van der Waals surface area contributed by atoms with Crippen LogP contribution in [0.15, 0.2) is 24.3 Å². The summed E-state index contributed by atoms with van der Waals surface area (Å²) >= 11 is 0. The van der Waals surface area contributed by atoms with E-state index in [1.807, 2.05) is 6.92 Å². The number of unbranched alkanes of at least 4 members (excludes halogenated alkanes) is 1. The number of benzene rings is 1. The van der Waals surface area contributed by atoms with Crippen LogP contribution in [0.5, 0.6) is 0 Å². The summed E-state index contributed by atoms with van der Waals surface area (Å²) in [6.45, 7) is 1.37. The van der Waals surface area contributed by atoms with Gasteiger partial charge in [0.1, 0.15) is 12.6 Å². The first kappa shape index (κ1) is 16.7. The lowest BCUT2D eigenvalue weighted by atomic mass is 10.1. The van der Waals surface area contributed by atoms with Gasteiger partial charge in [0.2, 0.25) is 5.91 Å². The highest BCUT2D eigenvalue weighted by molar-refractivity contribution is 6.22. The lowest BCUT2D eigenvalue weighted by Gasteiger charge is -2.25. The molecule has 2 N–H and O–H groups in total. The summed E-state index contributed by atoms with van der Waals surface area (Å²) in [5.41, 5.74) is 0.537. The van der Waals surface area contributed by atoms with Gasteiger partial charge < -0.3 is 10.4 Å². The van der Waals surface area contributed by atoms with Gasteiger partial charge in [0.15, 0.2) is 0 Å². The Morgan fingerprint density at radius 1 is 1.17 bits per heavy atom. The maximum atomic E-state index is 12.5. The molecule has 0 fully saturated rings. The van der Waals surface area contributed by atoms with Crippen LogP contribution in [-0.2, 0) is 9.59 Å². The molecule has 1 aromatic rings. The molecular weight excluding hydrogens is 300 g/mol. The number of rotatable bonds is 7. The molecule has 0 spiro atoms. The summed E-state index contributed by atoms with van der Waals surface area (Å²) in [7, 11) is 0. The molecule has 3 amide bonds. The lowest BCUT2D eigenvalue weighted by molar-refractivity contribution is -0.138. The first-order chi connectivity index (χ1) is 11.0. The fourth-order valence-corrected chi connectivity index (χ4v) is 2.55. The Morgan fingerprint density at radius 3 is 2.22 bits per heavy atom. The van der Waals surface area contributed by atoms with E-state index in [4.69, 9.17) is 5.11 Å². The van der Waals surface area contributed by atoms with Crippen LogP contribution in [-0.4, -0.2) is 46.3 Å². The quantitative estimate of drug-likeness (QED) is 0.731. The average Bonchev–Trinajstić information content (AvgIpc) is 2.78. The Balaban J connectivity index is 2.26. The number of nitrogens with one attached hydrogen (secondary N) is 1. The van der Waals surface area contributed by atoms with Crippen LogP contribution in [0.2, 0.25) is 0 Å². The summed E-state index contributed by atoms with van der Waals surface area (Å²) in [5, 5.41) is 10.9. The zero-order valence-corrected chi connectivity index (χ0v) is 12.7. The van der Waals surface area contributed by atoms with Crippen LogP contribution in [0.4, 0.5) is 0 Å². The molecule has 1 aliphatic heterocycles. The minimum Gasteiger partial charge on any atom is -0.480 e. The van der Waals surface area contributed by atoms with Crippen molar-refractivity contribution in [3.63, 3.8) is 0 Å². The van der Waals surface area contributed by atoms with E-state index in [0.29, 0.717) is 12.8 Å². The Hall–Kier alpha value is -2.70. The van der Waals surface area contributed by atoms with Gasteiger partial charge in [-0.3, -0.25) is 24.1 Å². The molecule has 0 aliphatic carbocycles. The van der Waals surface area contributed by atoms with Gasteiger partial charge in [0.05, 0.1) is 11.1 Å². The van der Waals surface area contributed by atoms with Gasteiger partial charge in [0.25, 0.3) is 11.8 Å². The van der Waals surface area contributed by atoms with Crippen LogP contribution in [0.25, 0.3) is 0 Å². The van der Waals surface area contributed by atoms with E-state index < -0.39 is 36.3 Å². The minimum atomic E-state index is -1.19. The van der Waals surface area contributed by atoms with E-state index in [1.165, 1.54) is 0 Å². The highest BCUT2D eigenvalue weighted by Gasteiger charge is 2.42. The fraction of sp³-hybridized carbons (Fsp3) is 0.375. The van der Waals surface area contributed by atoms with Crippen LogP contribution in [0.1, 0.15) is 46.9 Å². The molecule has 23 heavy (non-hydrogen) atoms. The zero-order valence-electron chi connectivity index (χ0n) is 12.7. The second-order valence-electron chi connectivity index (χ2n) is 5.30. The van der Waals surface area contributed by atoms with Crippen molar-refractivity contribution in [2.45, 2.75) is 32.2 Å². The van der Waals surface area contributed by atoms with E-state index in [0.717, 1.165) is 11.3 Å². The van der Waals surface area contributed by atoms with Crippen molar-refractivity contribution in [3.8, 4) is 0 Å². The van der Waals surface area contributed by atoms with Crippen LogP contribution in [0, 0.1) is 0 Å².